The van der Waals surface area contributed by atoms with Crippen molar-refractivity contribution in [3.8, 4) is 0 Å². The molecule has 0 bridgehead atoms. The van der Waals surface area contributed by atoms with Crippen molar-refractivity contribution in [1.29, 1.82) is 0 Å². The number of nitrogens with zero attached hydrogens (tertiary/aromatic N) is 4. The number of ether oxygens (including phenoxy) is 1. The largest absolute Gasteiger partial charge is 0.425 e. The maximum absolute atomic E-state index is 5.71. The normalized spacial score (nSPS) is 29.9. The summed E-state index contributed by atoms with van der Waals surface area (Å²) in [6.07, 6.45) is 1.86. The van der Waals surface area contributed by atoms with Gasteiger partial charge in [-0.15, -0.1) is 21.5 Å². The standard InChI is InChI=1S/C13H16N4O2S/c1-9-15-16-12(19-9)13-7-17(4-10(13)6-18-8-13)5-11-14-2-3-20-11/h2-3,10H,4-8H2,1H3/t10-,13-/m0/s1. The maximum Gasteiger partial charge on any atom is 0.226 e. The molecule has 4 rings (SSSR count). The first-order chi connectivity index (χ1) is 9.76. The van der Waals surface area contributed by atoms with Crippen LogP contribution in [0.4, 0.5) is 0 Å². The van der Waals surface area contributed by atoms with E-state index in [1.165, 1.54) is 0 Å². The molecule has 2 fully saturated rings. The van der Waals surface area contributed by atoms with E-state index in [9.17, 15) is 0 Å². The molecule has 2 aromatic rings. The van der Waals surface area contributed by atoms with Crippen LogP contribution in [0, 0.1) is 12.8 Å². The molecule has 0 spiro atoms. The van der Waals surface area contributed by atoms with Gasteiger partial charge in [0.1, 0.15) is 5.01 Å². The fraction of sp³-hybridized carbons (Fsp3) is 0.615. The molecule has 0 saturated carbocycles. The van der Waals surface area contributed by atoms with Crippen molar-refractivity contribution in [1.82, 2.24) is 20.1 Å². The molecule has 4 heterocycles. The van der Waals surface area contributed by atoms with E-state index in [-0.39, 0.29) is 5.41 Å². The zero-order valence-corrected chi connectivity index (χ0v) is 12.1. The summed E-state index contributed by atoms with van der Waals surface area (Å²) in [4.78, 5) is 6.79. The van der Waals surface area contributed by atoms with Gasteiger partial charge >= 0.3 is 0 Å². The molecule has 0 radical (unpaired) electrons. The van der Waals surface area contributed by atoms with E-state index in [2.05, 4.69) is 20.1 Å². The highest BCUT2D eigenvalue weighted by molar-refractivity contribution is 7.09. The topological polar surface area (TPSA) is 64.3 Å². The highest BCUT2D eigenvalue weighted by Crippen LogP contribution is 2.43. The Balaban J connectivity index is 1.59. The first kappa shape index (κ1) is 12.4. The Bertz CT molecular complexity index is 599. The van der Waals surface area contributed by atoms with Crippen LogP contribution in [0.5, 0.6) is 0 Å². The van der Waals surface area contributed by atoms with Crippen LogP contribution < -0.4 is 0 Å². The minimum atomic E-state index is -0.126. The van der Waals surface area contributed by atoms with Gasteiger partial charge in [-0.2, -0.15) is 0 Å². The fourth-order valence-electron chi connectivity index (χ4n) is 3.28. The molecule has 2 saturated heterocycles. The third-order valence-electron chi connectivity index (χ3n) is 4.24. The summed E-state index contributed by atoms with van der Waals surface area (Å²) in [7, 11) is 0. The second kappa shape index (κ2) is 4.61. The molecular formula is C13H16N4O2S. The number of hydrogen-bond acceptors (Lipinski definition) is 7. The van der Waals surface area contributed by atoms with Crippen molar-refractivity contribution in [2.75, 3.05) is 26.3 Å². The maximum atomic E-state index is 5.71. The molecule has 0 N–H and O–H groups in total. The first-order valence-electron chi connectivity index (χ1n) is 6.75. The van der Waals surface area contributed by atoms with E-state index in [1.54, 1.807) is 11.3 Å². The number of thiazole rings is 1. The van der Waals surface area contributed by atoms with Crippen molar-refractivity contribution < 1.29 is 9.15 Å². The Hall–Kier alpha value is -1.31. The van der Waals surface area contributed by atoms with Crippen LogP contribution >= 0.6 is 11.3 Å². The smallest absolute Gasteiger partial charge is 0.226 e. The van der Waals surface area contributed by atoms with Crippen LogP contribution in [0.15, 0.2) is 16.0 Å². The summed E-state index contributed by atoms with van der Waals surface area (Å²) in [5, 5.41) is 11.4. The van der Waals surface area contributed by atoms with Crippen LogP contribution in [-0.2, 0) is 16.7 Å². The molecule has 106 valence electrons. The summed E-state index contributed by atoms with van der Waals surface area (Å²) in [5.74, 6) is 1.79. The lowest BCUT2D eigenvalue weighted by molar-refractivity contribution is 0.140. The lowest BCUT2D eigenvalue weighted by Crippen LogP contribution is -2.35. The highest BCUT2D eigenvalue weighted by atomic mass is 32.1. The molecule has 6 nitrogen and oxygen atoms in total. The van der Waals surface area contributed by atoms with Crippen LogP contribution in [0.3, 0.4) is 0 Å². The zero-order chi connectivity index (χ0) is 13.6. The van der Waals surface area contributed by atoms with Crippen molar-refractivity contribution in [3.63, 3.8) is 0 Å². The van der Waals surface area contributed by atoms with Gasteiger partial charge in [-0.05, 0) is 0 Å². The molecular weight excluding hydrogens is 276 g/mol. The van der Waals surface area contributed by atoms with Gasteiger partial charge in [0.05, 0.1) is 25.2 Å². The van der Waals surface area contributed by atoms with Gasteiger partial charge in [-0.1, -0.05) is 0 Å². The van der Waals surface area contributed by atoms with E-state index in [4.69, 9.17) is 9.15 Å². The Morgan fingerprint density at radius 2 is 2.45 bits per heavy atom. The number of rotatable bonds is 3. The molecule has 2 atom stereocenters. The highest BCUT2D eigenvalue weighted by Gasteiger charge is 2.55. The molecule has 7 heteroatoms. The van der Waals surface area contributed by atoms with Gasteiger partial charge in [0.15, 0.2) is 0 Å². The van der Waals surface area contributed by atoms with E-state index in [0.717, 1.165) is 37.1 Å². The van der Waals surface area contributed by atoms with Crippen molar-refractivity contribution in [2.45, 2.75) is 18.9 Å². The Labute approximate surface area is 120 Å². The average molecular weight is 292 g/mol. The van der Waals surface area contributed by atoms with Crippen LogP contribution in [0.2, 0.25) is 0 Å². The fourth-order valence-corrected chi connectivity index (χ4v) is 3.94. The molecule has 2 aliphatic rings. The van der Waals surface area contributed by atoms with Crippen LogP contribution in [-0.4, -0.2) is 46.4 Å². The van der Waals surface area contributed by atoms with Crippen molar-refractivity contribution >= 4 is 11.3 Å². The lowest BCUT2D eigenvalue weighted by Gasteiger charge is -2.22. The molecule has 2 aliphatic heterocycles. The first-order valence-corrected chi connectivity index (χ1v) is 7.63. The van der Waals surface area contributed by atoms with Crippen molar-refractivity contribution in [3.05, 3.63) is 28.4 Å². The Morgan fingerprint density at radius 1 is 1.50 bits per heavy atom. The van der Waals surface area contributed by atoms with Crippen molar-refractivity contribution in [2.24, 2.45) is 5.92 Å². The number of hydrogen-bond donors (Lipinski definition) is 0. The summed E-state index contributed by atoms with van der Waals surface area (Å²) in [6, 6.07) is 0. The minimum Gasteiger partial charge on any atom is -0.425 e. The second-order valence-corrected chi connectivity index (χ2v) is 6.57. The van der Waals surface area contributed by atoms with Gasteiger partial charge in [-0.25, -0.2) is 4.98 Å². The predicted octanol–water partition coefficient (Wildman–Crippen LogP) is 1.23. The van der Waals surface area contributed by atoms with Crippen LogP contribution in [0.1, 0.15) is 16.8 Å². The number of likely N-dealkylation sites (tertiary alicyclic amines) is 1. The summed E-state index contributed by atoms with van der Waals surface area (Å²) < 4.78 is 11.4. The summed E-state index contributed by atoms with van der Waals surface area (Å²) in [6.45, 7) is 6.08. The monoisotopic (exact) mass is 292 g/mol. The number of fused-ring (bicyclic) bond motifs is 1. The van der Waals surface area contributed by atoms with Gasteiger partial charge in [0.2, 0.25) is 11.8 Å². The predicted molar refractivity (Wildman–Crippen MR) is 72.4 cm³/mol. The van der Waals surface area contributed by atoms with Gasteiger partial charge in [0, 0.05) is 37.5 Å². The van der Waals surface area contributed by atoms with E-state index >= 15 is 0 Å². The zero-order valence-electron chi connectivity index (χ0n) is 11.3. The third-order valence-corrected chi connectivity index (χ3v) is 5.00. The quantitative estimate of drug-likeness (QED) is 0.848. The molecule has 20 heavy (non-hydrogen) atoms. The molecule has 0 amide bonds. The average Bonchev–Trinajstić information content (AvgIpc) is 3.12. The molecule has 0 unspecified atom stereocenters. The van der Waals surface area contributed by atoms with Crippen LogP contribution in [0.25, 0.3) is 0 Å². The van der Waals surface area contributed by atoms with E-state index in [1.807, 2.05) is 18.5 Å². The molecule has 0 aromatic carbocycles. The van der Waals surface area contributed by atoms with Gasteiger partial charge in [0.25, 0.3) is 0 Å². The van der Waals surface area contributed by atoms with Gasteiger partial charge < -0.3 is 9.15 Å². The number of aryl methyl sites for hydroxylation is 1. The lowest BCUT2D eigenvalue weighted by atomic mass is 9.81. The van der Waals surface area contributed by atoms with E-state index < -0.39 is 0 Å². The third kappa shape index (κ3) is 1.88. The Morgan fingerprint density at radius 3 is 3.20 bits per heavy atom. The minimum absolute atomic E-state index is 0.126. The molecule has 0 aliphatic carbocycles. The van der Waals surface area contributed by atoms with Gasteiger partial charge in [-0.3, -0.25) is 4.90 Å². The number of aromatic nitrogens is 3. The SMILES string of the molecule is Cc1nnc([C@@]23COC[C@@H]2CN(Cc2nccs2)C3)o1. The van der Waals surface area contributed by atoms with E-state index in [0.29, 0.717) is 18.4 Å². The second-order valence-electron chi connectivity index (χ2n) is 5.59. The summed E-state index contributed by atoms with van der Waals surface area (Å²) in [5.41, 5.74) is -0.126. The molecule has 2 aromatic heterocycles. The summed E-state index contributed by atoms with van der Waals surface area (Å²) >= 11 is 1.70. The Kier molecular flexibility index (Phi) is 2.87.